The van der Waals surface area contributed by atoms with Crippen LogP contribution in [0.25, 0.3) is 0 Å². The second kappa shape index (κ2) is 7.29. The van der Waals surface area contributed by atoms with E-state index in [1.807, 2.05) is 24.3 Å². The molecule has 112 valence electrons. The Morgan fingerprint density at radius 2 is 1.76 bits per heavy atom. The maximum absolute atomic E-state index is 12.2. The molecule has 1 N–H and O–H groups in total. The number of rotatable bonds is 5. The van der Waals surface area contributed by atoms with Crippen LogP contribution >= 0.6 is 39.1 Å². The van der Waals surface area contributed by atoms with Gasteiger partial charge < -0.3 is 10.1 Å². The van der Waals surface area contributed by atoms with Crippen molar-refractivity contribution >= 4 is 44.8 Å². The second-order valence-corrected chi connectivity index (χ2v) is 5.76. The van der Waals surface area contributed by atoms with Crippen LogP contribution in [0, 0.1) is 0 Å². The van der Waals surface area contributed by atoms with Gasteiger partial charge in [-0.05, 0) is 23.8 Å². The minimum absolute atomic E-state index is 0.0254. The van der Waals surface area contributed by atoms with Crippen LogP contribution in [0.3, 0.4) is 0 Å². The third-order valence-electron chi connectivity index (χ3n) is 2.65. The summed E-state index contributed by atoms with van der Waals surface area (Å²) in [7, 11) is 0. The van der Waals surface area contributed by atoms with Gasteiger partial charge in [-0.1, -0.05) is 57.3 Å². The first-order valence-electron chi connectivity index (χ1n) is 5.88. The smallest absolute Gasteiger partial charge is 0.387 e. The Labute approximate surface area is 139 Å². The lowest BCUT2D eigenvalue weighted by Gasteiger charge is -2.13. The fourth-order valence-electron chi connectivity index (χ4n) is 1.70. The van der Waals surface area contributed by atoms with Crippen LogP contribution in [0.2, 0.25) is 10.0 Å². The number of hydrogen-bond donors (Lipinski definition) is 1. The molecule has 2 aromatic rings. The third-order valence-corrected chi connectivity index (χ3v) is 3.98. The lowest BCUT2D eigenvalue weighted by molar-refractivity contribution is -0.0497. The molecule has 2 rings (SSSR count). The Morgan fingerprint density at radius 1 is 1.14 bits per heavy atom. The third kappa shape index (κ3) is 4.46. The minimum Gasteiger partial charge on any atom is -0.432 e. The number of benzene rings is 2. The standard InChI is InChI=1S/C14H10BrCl2F2NO/c15-10-4-2-1-3-8(10)7-20-9-5-11(16)13(12(17)6-9)21-14(18)19/h1-6,14,20H,7H2. The molecule has 7 heteroatoms. The van der Waals surface area contributed by atoms with Gasteiger partial charge in [-0.3, -0.25) is 0 Å². The van der Waals surface area contributed by atoms with Crippen LogP contribution in [0.5, 0.6) is 5.75 Å². The zero-order chi connectivity index (χ0) is 15.4. The number of nitrogens with one attached hydrogen (secondary N) is 1. The van der Waals surface area contributed by atoms with Crippen molar-refractivity contribution in [3.05, 3.63) is 56.5 Å². The first-order valence-corrected chi connectivity index (χ1v) is 7.43. The van der Waals surface area contributed by atoms with Gasteiger partial charge in [0.1, 0.15) is 0 Å². The molecule has 0 aliphatic rings. The van der Waals surface area contributed by atoms with Crippen molar-refractivity contribution in [2.75, 3.05) is 5.32 Å². The molecule has 0 atom stereocenters. The first-order chi connectivity index (χ1) is 9.97. The molecule has 21 heavy (non-hydrogen) atoms. The molecule has 0 unspecified atom stereocenters. The van der Waals surface area contributed by atoms with Crippen LogP contribution in [-0.4, -0.2) is 6.61 Å². The lowest BCUT2D eigenvalue weighted by Crippen LogP contribution is -2.04. The highest BCUT2D eigenvalue weighted by atomic mass is 79.9. The van der Waals surface area contributed by atoms with Crippen molar-refractivity contribution in [1.29, 1.82) is 0 Å². The Bertz CT molecular complexity index is 617. The highest BCUT2D eigenvalue weighted by Gasteiger charge is 2.14. The van der Waals surface area contributed by atoms with Crippen molar-refractivity contribution < 1.29 is 13.5 Å². The van der Waals surface area contributed by atoms with Crippen LogP contribution in [0.15, 0.2) is 40.9 Å². The average Bonchev–Trinajstić information content (AvgIpc) is 2.42. The average molecular weight is 397 g/mol. The van der Waals surface area contributed by atoms with E-state index in [0.717, 1.165) is 10.0 Å². The summed E-state index contributed by atoms with van der Waals surface area (Å²) < 4.78 is 29.7. The van der Waals surface area contributed by atoms with Gasteiger partial charge in [-0.15, -0.1) is 0 Å². The number of alkyl halides is 2. The topological polar surface area (TPSA) is 21.3 Å². The normalized spacial score (nSPS) is 10.8. The largest absolute Gasteiger partial charge is 0.432 e. The maximum Gasteiger partial charge on any atom is 0.387 e. The van der Waals surface area contributed by atoms with E-state index >= 15 is 0 Å². The summed E-state index contributed by atoms with van der Waals surface area (Å²) in [5.74, 6) is -0.222. The molecular weight excluding hydrogens is 387 g/mol. The molecule has 0 heterocycles. The predicted molar refractivity (Wildman–Crippen MR) is 84.6 cm³/mol. The number of halogens is 5. The molecule has 0 aliphatic carbocycles. The monoisotopic (exact) mass is 395 g/mol. The van der Waals surface area contributed by atoms with Crippen molar-refractivity contribution in [1.82, 2.24) is 0 Å². The van der Waals surface area contributed by atoms with Gasteiger partial charge in [0, 0.05) is 16.7 Å². The lowest BCUT2D eigenvalue weighted by atomic mass is 10.2. The molecule has 0 saturated carbocycles. The number of ether oxygens (including phenoxy) is 1. The summed E-state index contributed by atoms with van der Waals surface area (Å²) in [6.07, 6.45) is 0. The van der Waals surface area contributed by atoms with E-state index in [9.17, 15) is 8.78 Å². The van der Waals surface area contributed by atoms with Gasteiger partial charge in [0.15, 0.2) is 5.75 Å². The van der Waals surface area contributed by atoms with Gasteiger partial charge >= 0.3 is 6.61 Å². The van der Waals surface area contributed by atoms with Crippen LogP contribution < -0.4 is 10.1 Å². The van der Waals surface area contributed by atoms with Gasteiger partial charge in [0.2, 0.25) is 0 Å². The molecule has 0 saturated heterocycles. The quantitative estimate of drug-likeness (QED) is 0.672. The Kier molecular flexibility index (Phi) is 5.67. The highest BCUT2D eigenvalue weighted by Crippen LogP contribution is 2.37. The molecule has 2 aromatic carbocycles. The number of anilines is 1. The summed E-state index contributed by atoms with van der Waals surface area (Å²) in [5, 5.41) is 3.17. The summed E-state index contributed by atoms with van der Waals surface area (Å²) in [5.41, 5.74) is 1.65. The summed E-state index contributed by atoms with van der Waals surface area (Å²) in [6, 6.07) is 10.7. The zero-order valence-electron chi connectivity index (χ0n) is 10.5. The molecular formula is C14H10BrCl2F2NO. The molecule has 2 nitrogen and oxygen atoms in total. The van der Waals surface area contributed by atoms with Gasteiger partial charge in [-0.2, -0.15) is 8.78 Å². The maximum atomic E-state index is 12.2. The van der Waals surface area contributed by atoms with Crippen molar-refractivity contribution in [2.24, 2.45) is 0 Å². The molecule has 0 fully saturated rings. The summed E-state index contributed by atoms with van der Waals surface area (Å²) >= 11 is 15.2. The Balaban J connectivity index is 2.13. The second-order valence-electron chi connectivity index (χ2n) is 4.09. The van der Waals surface area contributed by atoms with Crippen molar-refractivity contribution in [3.8, 4) is 5.75 Å². The van der Waals surface area contributed by atoms with Crippen LogP contribution in [-0.2, 0) is 6.54 Å². The van der Waals surface area contributed by atoms with E-state index in [1.165, 1.54) is 12.1 Å². The van der Waals surface area contributed by atoms with Crippen molar-refractivity contribution in [2.45, 2.75) is 13.2 Å². The van der Waals surface area contributed by atoms with E-state index in [1.54, 1.807) is 0 Å². The highest BCUT2D eigenvalue weighted by molar-refractivity contribution is 9.10. The molecule has 0 aliphatic heterocycles. The first kappa shape index (κ1) is 16.3. The molecule has 0 spiro atoms. The zero-order valence-corrected chi connectivity index (χ0v) is 13.6. The van der Waals surface area contributed by atoms with E-state index in [2.05, 4.69) is 26.0 Å². The summed E-state index contributed by atoms with van der Waals surface area (Å²) in [4.78, 5) is 0. The predicted octanol–water partition coefficient (Wildman–Crippen LogP) is 5.97. The molecule has 0 radical (unpaired) electrons. The van der Waals surface area contributed by atoms with Gasteiger partial charge in [-0.25, -0.2) is 0 Å². The van der Waals surface area contributed by atoms with Crippen LogP contribution in [0.1, 0.15) is 5.56 Å². The van der Waals surface area contributed by atoms with E-state index in [0.29, 0.717) is 12.2 Å². The van der Waals surface area contributed by atoms with Crippen molar-refractivity contribution in [3.63, 3.8) is 0 Å². The fourth-order valence-corrected chi connectivity index (χ4v) is 2.70. The fraction of sp³-hybridized carbons (Fsp3) is 0.143. The Morgan fingerprint density at radius 3 is 2.33 bits per heavy atom. The van der Waals surface area contributed by atoms with E-state index in [-0.39, 0.29) is 15.8 Å². The van der Waals surface area contributed by atoms with E-state index < -0.39 is 6.61 Å². The van der Waals surface area contributed by atoms with Gasteiger partial charge in [0.25, 0.3) is 0 Å². The molecule has 0 bridgehead atoms. The molecule has 0 amide bonds. The minimum atomic E-state index is -2.97. The van der Waals surface area contributed by atoms with Gasteiger partial charge in [0.05, 0.1) is 10.0 Å². The van der Waals surface area contributed by atoms with Crippen LogP contribution in [0.4, 0.5) is 14.5 Å². The number of hydrogen-bond acceptors (Lipinski definition) is 2. The Hall–Kier alpha value is -1.04. The van der Waals surface area contributed by atoms with E-state index in [4.69, 9.17) is 23.2 Å². The molecule has 0 aromatic heterocycles. The summed E-state index contributed by atoms with van der Waals surface area (Å²) in [6.45, 7) is -2.44. The SMILES string of the molecule is FC(F)Oc1c(Cl)cc(NCc2ccccc2Br)cc1Cl.